The summed E-state index contributed by atoms with van der Waals surface area (Å²) in [6.07, 6.45) is 0. The van der Waals surface area contributed by atoms with Gasteiger partial charge in [0.25, 0.3) is 0 Å². The molecule has 0 radical (unpaired) electrons. The summed E-state index contributed by atoms with van der Waals surface area (Å²) in [5, 5.41) is 0.724. The van der Waals surface area contributed by atoms with Gasteiger partial charge in [-0.2, -0.15) is 0 Å². The first kappa shape index (κ1) is 15.2. The number of hydrogen-bond donors (Lipinski definition) is 0. The fraction of sp³-hybridized carbons (Fsp3) is 0.136. The minimum Gasteiger partial charge on any atom is -0.294 e. The van der Waals surface area contributed by atoms with E-state index in [0.717, 1.165) is 10.6 Å². The molecular formula is C22H17ClO. The number of halogens is 1. The number of hydrogen-bond acceptors (Lipinski definition) is 1. The quantitative estimate of drug-likeness (QED) is 0.558. The summed E-state index contributed by atoms with van der Waals surface area (Å²) in [6.45, 7) is 0. The molecule has 3 aromatic carbocycles. The Morgan fingerprint density at radius 1 is 0.667 bits per heavy atom. The average Bonchev–Trinajstić information content (AvgIpc) is 3.39. The minimum absolute atomic E-state index is 0.00373. The van der Waals surface area contributed by atoms with E-state index in [2.05, 4.69) is 12.1 Å². The zero-order valence-corrected chi connectivity index (χ0v) is 13.9. The Morgan fingerprint density at radius 3 is 1.75 bits per heavy atom. The van der Waals surface area contributed by atoms with Gasteiger partial charge in [-0.1, -0.05) is 84.4 Å². The first-order valence-electron chi connectivity index (χ1n) is 8.15. The molecule has 3 aromatic rings. The van der Waals surface area contributed by atoms with E-state index in [1.807, 2.05) is 72.8 Å². The normalized spacial score (nSPS) is 22.1. The summed E-state index contributed by atoms with van der Waals surface area (Å²) >= 11 is 6.02. The zero-order chi connectivity index (χ0) is 16.5. The molecule has 118 valence electrons. The molecule has 24 heavy (non-hydrogen) atoms. The van der Waals surface area contributed by atoms with Crippen LogP contribution < -0.4 is 0 Å². The molecule has 2 heteroatoms. The number of rotatable bonds is 4. The Kier molecular flexibility index (Phi) is 3.95. The van der Waals surface area contributed by atoms with E-state index in [-0.39, 0.29) is 23.5 Å². The Morgan fingerprint density at radius 2 is 1.17 bits per heavy atom. The SMILES string of the molecule is O=C(c1ccccc1)[C@@H]1[C@H](c2ccccc2)[C@H]1c1ccc(Cl)cc1. The van der Waals surface area contributed by atoms with Crippen molar-refractivity contribution >= 4 is 17.4 Å². The summed E-state index contributed by atoms with van der Waals surface area (Å²) < 4.78 is 0. The van der Waals surface area contributed by atoms with Crippen molar-refractivity contribution in [2.45, 2.75) is 11.8 Å². The second kappa shape index (κ2) is 6.26. The molecule has 0 amide bonds. The molecule has 0 aliphatic heterocycles. The van der Waals surface area contributed by atoms with Gasteiger partial charge in [0.15, 0.2) is 5.78 Å². The molecular weight excluding hydrogens is 316 g/mol. The molecule has 1 fully saturated rings. The van der Waals surface area contributed by atoms with Crippen LogP contribution in [0.3, 0.4) is 0 Å². The van der Waals surface area contributed by atoms with Gasteiger partial charge in [0.05, 0.1) is 0 Å². The molecule has 0 spiro atoms. The van der Waals surface area contributed by atoms with Crippen molar-refractivity contribution in [1.82, 2.24) is 0 Å². The molecule has 0 heterocycles. The van der Waals surface area contributed by atoms with Gasteiger partial charge in [-0.15, -0.1) is 0 Å². The van der Waals surface area contributed by atoms with Crippen molar-refractivity contribution in [3.63, 3.8) is 0 Å². The molecule has 0 aromatic heterocycles. The predicted molar refractivity (Wildman–Crippen MR) is 97.6 cm³/mol. The molecule has 1 nitrogen and oxygen atoms in total. The van der Waals surface area contributed by atoms with Crippen molar-refractivity contribution in [2.75, 3.05) is 0 Å². The second-order valence-corrected chi connectivity index (χ2v) is 6.71. The lowest BCUT2D eigenvalue weighted by molar-refractivity contribution is 0.0963. The number of Topliss-reactive ketones (excluding diaryl/α,β-unsaturated/α-hetero) is 1. The van der Waals surface area contributed by atoms with E-state index in [1.165, 1.54) is 11.1 Å². The highest BCUT2D eigenvalue weighted by Crippen LogP contribution is 2.61. The molecule has 3 atom stereocenters. The van der Waals surface area contributed by atoms with Crippen LogP contribution in [0.15, 0.2) is 84.9 Å². The average molecular weight is 333 g/mol. The Balaban J connectivity index is 1.70. The molecule has 0 saturated heterocycles. The molecule has 0 N–H and O–H groups in total. The van der Waals surface area contributed by atoms with Crippen LogP contribution in [0.2, 0.25) is 5.02 Å². The first-order valence-corrected chi connectivity index (χ1v) is 8.53. The topological polar surface area (TPSA) is 17.1 Å². The maximum atomic E-state index is 13.0. The largest absolute Gasteiger partial charge is 0.294 e. The van der Waals surface area contributed by atoms with Gasteiger partial charge in [0, 0.05) is 28.3 Å². The van der Waals surface area contributed by atoms with Gasteiger partial charge < -0.3 is 0 Å². The Bertz CT molecular complexity index is 840. The molecule has 1 saturated carbocycles. The van der Waals surface area contributed by atoms with Gasteiger partial charge >= 0.3 is 0 Å². The summed E-state index contributed by atoms with van der Waals surface area (Å²) in [7, 11) is 0. The van der Waals surface area contributed by atoms with Gasteiger partial charge in [0.1, 0.15) is 0 Å². The van der Waals surface area contributed by atoms with Crippen LogP contribution in [0.4, 0.5) is 0 Å². The van der Waals surface area contributed by atoms with Crippen molar-refractivity contribution in [3.8, 4) is 0 Å². The molecule has 4 rings (SSSR count). The van der Waals surface area contributed by atoms with E-state index < -0.39 is 0 Å². The highest BCUT2D eigenvalue weighted by Gasteiger charge is 2.55. The van der Waals surface area contributed by atoms with Crippen molar-refractivity contribution < 1.29 is 4.79 Å². The van der Waals surface area contributed by atoms with Crippen molar-refractivity contribution in [1.29, 1.82) is 0 Å². The second-order valence-electron chi connectivity index (χ2n) is 6.27. The van der Waals surface area contributed by atoms with Crippen LogP contribution in [0.5, 0.6) is 0 Å². The van der Waals surface area contributed by atoms with E-state index in [9.17, 15) is 4.79 Å². The standard InChI is InChI=1S/C22H17ClO/c23-18-13-11-16(12-14-18)20-19(15-7-3-1-4-8-15)21(20)22(24)17-9-5-2-6-10-17/h1-14,19-21H/t19-,20-,21-/m1/s1. The van der Waals surface area contributed by atoms with Crippen LogP contribution in [-0.2, 0) is 0 Å². The molecule has 1 aliphatic rings. The maximum Gasteiger partial charge on any atom is 0.167 e. The summed E-state index contributed by atoms with van der Waals surface area (Å²) in [5.74, 6) is 0.679. The maximum absolute atomic E-state index is 13.0. The van der Waals surface area contributed by atoms with Crippen LogP contribution in [-0.4, -0.2) is 5.78 Å². The lowest BCUT2D eigenvalue weighted by Gasteiger charge is -2.01. The van der Waals surface area contributed by atoms with E-state index in [4.69, 9.17) is 11.6 Å². The lowest BCUT2D eigenvalue weighted by Crippen LogP contribution is -2.03. The number of benzene rings is 3. The first-order chi connectivity index (χ1) is 11.8. The summed E-state index contributed by atoms with van der Waals surface area (Å²) in [4.78, 5) is 13.0. The Labute approximate surface area is 146 Å². The fourth-order valence-corrected chi connectivity index (χ4v) is 3.75. The number of carbonyl (C=O) groups excluding carboxylic acids is 1. The van der Waals surface area contributed by atoms with E-state index >= 15 is 0 Å². The third-order valence-corrected chi connectivity index (χ3v) is 5.07. The predicted octanol–water partition coefficient (Wildman–Crippen LogP) is 5.72. The van der Waals surface area contributed by atoms with Crippen LogP contribution in [0.1, 0.15) is 33.3 Å². The summed E-state index contributed by atoms with van der Waals surface area (Å²) in [6, 6.07) is 27.8. The van der Waals surface area contributed by atoms with Gasteiger partial charge in [-0.25, -0.2) is 0 Å². The van der Waals surface area contributed by atoms with Gasteiger partial charge in [-0.3, -0.25) is 4.79 Å². The highest BCUT2D eigenvalue weighted by atomic mass is 35.5. The van der Waals surface area contributed by atoms with Crippen LogP contribution in [0.25, 0.3) is 0 Å². The van der Waals surface area contributed by atoms with Crippen LogP contribution in [0, 0.1) is 5.92 Å². The van der Waals surface area contributed by atoms with Crippen LogP contribution >= 0.6 is 11.6 Å². The number of carbonyl (C=O) groups is 1. The third kappa shape index (κ3) is 2.76. The van der Waals surface area contributed by atoms with E-state index in [0.29, 0.717) is 0 Å². The zero-order valence-electron chi connectivity index (χ0n) is 13.1. The third-order valence-electron chi connectivity index (χ3n) is 4.82. The van der Waals surface area contributed by atoms with Crippen molar-refractivity contribution in [3.05, 3.63) is 107 Å². The summed E-state index contributed by atoms with van der Waals surface area (Å²) in [5.41, 5.74) is 3.20. The molecule has 1 aliphatic carbocycles. The highest BCUT2D eigenvalue weighted by molar-refractivity contribution is 6.30. The Hall–Kier alpha value is -2.38. The van der Waals surface area contributed by atoms with Gasteiger partial charge in [-0.05, 0) is 23.3 Å². The number of ketones is 1. The molecule has 0 unspecified atom stereocenters. The van der Waals surface area contributed by atoms with E-state index in [1.54, 1.807) is 0 Å². The lowest BCUT2D eigenvalue weighted by atomic mass is 10.0. The monoisotopic (exact) mass is 332 g/mol. The fourth-order valence-electron chi connectivity index (χ4n) is 3.62. The van der Waals surface area contributed by atoms with Crippen molar-refractivity contribution in [2.24, 2.45) is 5.92 Å². The molecule has 0 bridgehead atoms. The van der Waals surface area contributed by atoms with Gasteiger partial charge in [0.2, 0.25) is 0 Å². The minimum atomic E-state index is -0.00373. The smallest absolute Gasteiger partial charge is 0.167 e.